The van der Waals surface area contributed by atoms with Crippen molar-refractivity contribution in [1.82, 2.24) is 9.62 Å². The lowest BCUT2D eigenvalue weighted by atomic mass is 9.90. The van der Waals surface area contributed by atoms with Crippen LogP contribution in [0.3, 0.4) is 0 Å². The summed E-state index contributed by atoms with van der Waals surface area (Å²) in [5.41, 5.74) is 2.23. The number of unbranched alkanes of at least 4 members (excludes halogenated alkanes) is 1. The fourth-order valence-corrected chi connectivity index (χ4v) is 6.44. The van der Waals surface area contributed by atoms with Gasteiger partial charge in [-0.15, -0.1) is 0 Å². The van der Waals surface area contributed by atoms with Gasteiger partial charge in [0.2, 0.25) is 15.9 Å². The Kier molecular flexibility index (Phi) is 8.60. The minimum atomic E-state index is -3.81. The van der Waals surface area contributed by atoms with E-state index in [9.17, 15) is 13.2 Å². The van der Waals surface area contributed by atoms with Gasteiger partial charge < -0.3 is 5.32 Å². The van der Waals surface area contributed by atoms with Gasteiger partial charge in [0.25, 0.3) is 0 Å². The Labute approximate surface area is 213 Å². The zero-order valence-electron chi connectivity index (χ0n) is 19.6. The highest BCUT2D eigenvalue weighted by molar-refractivity contribution is 7.89. The maximum absolute atomic E-state index is 13.6. The molecule has 2 unspecified atom stereocenters. The number of carbonyl (C=O) groups is 1. The SMILES string of the molecule is O=C(NCCCCc1ccccc1)C1CCC(c2ccccc2)N(S(=O)(=O)c2ccc(Cl)cc2)C1. The van der Waals surface area contributed by atoms with Gasteiger partial charge in [0, 0.05) is 18.1 Å². The van der Waals surface area contributed by atoms with E-state index in [1.54, 1.807) is 12.1 Å². The van der Waals surface area contributed by atoms with E-state index < -0.39 is 10.0 Å². The Hall–Kier alpha value is -2.67. The molecule has 1 heterocycles. The number of amides is 1. The lowest BCUT2D eigenvalue weighted by Crippen LogP contribution is -2.47. The van der Waals surface area contributed by atoms with Gasteiger partial charge in [-0.05, 0) is 67.5 Å². The second-order valence-corrected chi connectivity index (χ2v) is 11.3. The number of hydrogen-bond acceptors (Lipinski definition) is 3. The van der Waals surface area contributed by atoms with Gasteiger partial charge in [-0.25, -0.2) is 8.42 Å². The predicted molar refractivity (Wildman–Crippen MR) is 140 cm³/mol. The molecule has 7 heteroatoms. The average molecular weight is 511 g/mol. The largest absolute Gasteiger partial charge is 0.356 e. The van der Waals surface area contributed by atoms with Crippen molar-refractivity contribution in [3.8, 4) is 0 Å². The van der Waals surface area contributed by atoms with Gasteiger partial charge >= 0.3 is 0 Å². The monoisotopic (exact) mass is 510 g/mol. The molecule has 1 amide bonds. The molecule has 0 radical (unpaired) electrons. The normalized spacial score (nSPS) is 18.8. The van der Waals surface area contributed by atoms with Crippen molar-refractivity contribution in [2.45, 2.75) is 43.0 Å². The van der Waals surface area contributed by atoms with Gasteiger partial charge in [0.1, 0.15) is 0 Å². The van der Waals surface area contributed by atoms with Crippen LogP contribution in [-0.4, -0.2) is 31.7 Å². The third-order valence-corrected chi connectivity index (χ3v) is 8.69. The molecular formula is C28H31ClN2O3S. The van der Waals surface area contributed by atoms with E-state index in [2.05, 4.69) is 17.4 Å². The molecule has 1 aliphatic rings. The van der Waals surface area contributed by atoms with Crippen molar-refractivity contribution < 1.29 is 13.2 Å². The topological polar surface area (TPSA) is 66.5 Å². The molecule has 2 atom stereocenters. The molecule has 35 heavy (non-hydrogen) atoms. The molecule has 0 aliphatic carbocycles. The molecule has 1 fully saturated rings. The summed E-state index contributed by atoms with van der Waals surface area (Å²) >= 11 is 5.98. The summed E-state index contributed by atoms with van der Waals surface area (Å²) in [5, 5.41) is 3.51. The molecule has 4 rings (SSSR count). The lowest BCUT2D eigenvalue weighted by molar-refractivity contribution is -0.126. The van der Waals surface area contributed by atoms with Crippen molar-refractivity contribution in [2.24, 2.45) is 5.92 Å². The van der Waals surface area contributed by atoms with Crippen LogP contribution in [0.15, 0.2) is 89.8 Å². The molecule has 0 bridgehead atoms. The van der Waals surface area contributed by atoms with Crippen molar-refractivity contribution in [3.63, 3.8) is 0 Å². The molecule has 0 saturated carbocycles. The highest BCUT2D eigenvalue weighted by Crippen LogP contribution is 2.37. The number of carbonyl (C=O) groups excluding carboxylic acids is 1. The molecule has 5 nitrogen and oxygen atoms in total. The van der Waals surface area contributed by atoms with Crippen LogP contribution in [0.5, 0.6) is 0 Å². The summed E-state index contributed by atoms with van der Waals surface area (Å²) in [5.74, 6) is -0.460. The van der Waals surface area contributed by atoms with Crippen molar-refractivity contribution in [2.75, 3.05) is 13.1 Å². The quantitative estimate of drug-likeness (QED) is 0.380. The summed E-state index contributed by atoms with van der Waals surface area (Å²) in [7, 11) is -3.81. The molecule has 1 aliphatic heterocycles. The number of nitrogens with one attached hydrogen (secondary N) is 1. The number of aryl methyl sites for hydroxylation is 1. The summed E-state index contributed by atoms with van der Waals surface area (Å²) in [4.78, 5) is 13.2. The number of halogens is 1. The molecule has 0 spiro atoms. The van der Waals surface area contributed by atoms with E-state index in [4.69, 9.17) is 11.6 Å². The standard InChI is InChI=1S/C28H31ClN2O3S/c29-25-15-17-26(18-16-25)35(33,34)31-21-24(14-19-27(31)23-12-5-2-6-13-23)28(32)30-20-8-7-11-22-9-3-1-4-10-22/h1-6,9-10,12-13,15-18,24,27H,7-8,11,14,19-21H2,(H,30,32). The van der Waals surface area contributed by atoms with Crippen LogP contribution < -0.4 is 5.32 Å². The molecular weight excluding hydrogens is 480 g/mol. The third-order valence-electron chi connectivity index (χ3n) is 6.55. The third kappa shape index (κ3) is 6.51. The van der Waals surface area contributed by atoms with E-state index >= 15 is 0 Å². The number of sulfonamides is 1. The molecule has 1 N–H and O–H groups in total. The summed E-state index contributed by atoms with van der Waals surface area (Å²) in [6.07, 6.45) is 4.08. The first kappa shape index (κ1) is 25.4. The van der Waals surface area contributed by atoms with Crippen LogP contribution in [-0.2, 0) is 21.2 Å². The molecule has 0 aromatic heterocycles. The zero-order valence-corrected chi connectivity index (χ0v) is 21.2. The van der Waals surface area contributed by atoms with Crippen molar-refractivity contribution >= 4 is 27.5 Å². The number of hydrogen-bond donors (Lipinski definition) is 1. The summed E-state index contributed by atoms with van der Waals surface area (Å²) in [6, 6.07) is 25.8. The number of nitrogens with zero attached hydrogens (tertiary/aromatic N) is 1. The van der Waals surface area contributed by atoms with Crippen LogP contribution in [0.2, 0.25) is 5.02 Å². The second-order valence-electron chi connectivity index (χ2n) is 8.96. The second kappa shape index (κ2) is 11.8. The highest BCUT2D eigenvalue weighted by atomic mass is 35.5. The maximum atomic E-state index is 13.6. The number of piperidine rings is 1. The smallest absolute Gasteiger partial charge is 0.243 e. The first-order valence-corrected chi connectivity index (χ1v) is 13.9. The van der Waals surface area contributed by atoms with E-state index in [0.29, 0.717) is 24.4 Å². The molecule has 3 aromatic rings. The predicted octanol–water partition coefficient (Wildman–Crippen LogP) is 5.62. The number of rotatable bonds is 9. The molecule has 184 valence electrons. The Morgan fingerprint density at radius 3 is 2.23 bits per heavy atom. The fourth-order valence-electron chi connectivity index (χ4n) is 4.62. The van der Waals surface area contributed by atoms with E-state index in [-0.39, 0.29) is 29.3 Å². The Balaban J connectivity index is 1.42. The van der Waals surface area contributed by atoms with Crippen LogP contribution in [0, 0.1) is 5.92 Å². The van der Waals surface area contributed by atoms with Crippen molar-refractivity contribution in [1.29, 1.82) is 0 Å². The zero-order chi connectivity index (χ0) is 24.7. The Morgan fingerprint density at radius 1 is 0.886 bits per heavy atom. The minimum absolute atomic E-state index is 0.0764. The van der Waals surface area contributed by atoms with Crippen molar-refractivity contribution in [3.05, 3.63) is 101 Å². The van der Waals surface area contributed by atoms with E-state index in [1.807, 2.05) is 48.5 Å². The van der Waals surface area contributed by atoms with Crippen LogP contribution in [0.25, 0.3) is 0 Å². The van der Waals surface area contributed by atoms with Gasteiger partial charge in [-0.1, -0.05) is 72.3 Å². The number of benzene rings is 3. The average Bonchev–Trinajstić information content (AvgIpc) is 2.89. The van der Waals surface area contributed by atoms with E-state index in [0.717, 1.165) is 24.8 Å². The lowest BCUT2D eigenvalue weighted by Gasteiger charge is -2.38. The van der Waals surface area contributed by atoms with Crippen LogP contribution in [0.4, 0.5) is 0 Å². The highest BCUT2D eigenvalue weighted by Gasteiger charge is 2.39. The first-order chi connectivity index (χ1) is 16.9. The fraction of sp³-hybridized carbons (Fsp3) is 0.321. The van der Waals surface area contributed by atoms with Gasteiger partial charge in [-0.3, -0.25) is 4.79 Å². The first-order valence-electron chi connectivity index (χ1n) is 12.1. The maximum Gasteiger partial charge on any atom is 0.243 e. The van der Waals surface area contributed by atoms with Gasteiger partial charge in [0.15, 0.2) is 0 Å². The van der Waals surface area contributed by atoms with Gasteiger partial charge in [-0.2, -0.15) is 4.31 Å². The van der Waals surface area contributed by atoms with E-state index in [1.165, 1.54) is 22.0 Å². The summed E-state index contributed by atoms with van der Waals surface area (Å²) < 4.78 is 28.8. The molecule has 3 aromatic carbocycles. The Bertz CT molecular complexity index is 1200. The summed E-state index contributed by atoms with van der Waals surface area (Å²) in [6.45, 7) is 0.745. The van der Waals surface area contributed by atoms with Crippen LogP contribution >= 0.6 is 11.6 Å². The van der Waals surface area contributed by atoms with Crippen LogP contribution in [0.1, 0.15) is 42.9 Å². The molecule has 1 saturated heterocycles. The Morgan fingerprint density at radius 2 is 1.54 bits per heavy atom. The van der Waals surface area contributed by atoms with Gasteiger partial charge in [0.05, 0.1) is 16.9 Å². The minimum Gasteiger partial charge on any atom is -0.356 e.